The highest BCUT2D eigenvalue weighted by molar-refractivity contribution is 4.83. The summed E-state index contributed by atoms with van der Waals surface area (Å²) in [4.78, 5) is 0. The Bertz CT molecular complexity index is 276. The number of hydrogen-bond donors (Lipinski definition) is 0. The average molecular weight is 369 g/mol. The smallest absolute Gasteiger partial charge is 0.0360 e. The van der Waals surface area contributed by atoms with Crippen molar-refractivity contribution in [1.29, 1.82) is 0 Å². The van der Waals surface area contributed by atoms with E-state index in [2.05, 4.69) is 13.8 Å². The van der Waals surface area contributed by atoms with Gasteiger partial charge in [-0.2, -0.15) is 0 Å². The maximum atomic E-state index is 2.47. The van der Waals surface area contributed by atoms with E-state index in [4.69, 9.17) is 0 Å². The third-order valence-corrected chi connectivity index (χ3v) is 7.87. The summed E-state index contributed by atoms with van der Waals surface area (Å²) < 4.78 is 0. The summed E-state index contributed by atoms with van der Waals surface area (Å²) >= 11 is 0. The van der Waals surface area contributed by atoms with E-state index in [1.807, 2.05) is 0 Å². The van der Waals surface area contributed by atoms with Crippen LogP contribution >= 0.6 is 0 Å². The van der Waals surface area contributed by atoms with Crippen LogP contribution < -0.4 is 0 Å². The van der Waals surface area contributed by atoms with Crippen LogP contribution in [-0.2, 0) is 0 Å². The van der Waals surface area contributed by atoms with Crippen LogP contribution in [0, 0.1) is 35.5 Å². The van der Waals surface area contributed by atoms with Crippen molar-refractivity contribution >= 4 is 0 Å². The molecule has 26 heavy (non-hydrogen) atoms. The van der Waals surface area contributed by atoms with E-state index in [-0.39, 0.29) is 29.7 Å². The van der Waals surface area contributed by atoms with Crippen LogP contribution in [0.25, 0.3) is 0 Å². The summed E-state index contributed by atoms with van der Waals surface area (Å²) in [6, 6.07) is 0. The van der Waals surface area contributed by atoms with Crippen LogP contribution in [0.15, 0.2) is 0 Å². The fourth-order valence-corrected chi connectivity index (χ4v) is 6.52. The van der Waals surface area contributed by atoms with Crippen LogP contribution in [0.4, 0.5) is 0 Å². The predicted molar refractivity (Wildman–Crippen MR) is 124 cm³/mol. The fraction of sp³-hybridized carbons (Fsp3) is 1.00. The van der Waals surface area contributed by atoms with Crippen molar-refractivity contribution in [3.63, 3.8) is 0 Å². The van der Waals surface area contributed by atoms with Gasteiger partial charge in [-0.3, -0.25) is 0 Å². The zero-order chi connectivity index (χ0) is 15.4. The van der Waals surface area contributed by atoms with Crippen LogP contribution in [0.5, 0.6) is 0 Å². The van der Waals surface area contributed by atoms with Crippen molar-refractivity contribution in [2.24, 2.45) is 35.5 Å². The van der Waals surface area contributed by atoms with Gasteiger partial charge < -0.3 is 0 Å². The van der Waals surface area contributed by atoms with Gasteiger partial charge in [0.25, 0.3) is 0 Å². The molecule has 0 heterocycles. The summed E-state index contributed by atoms with van der Waals surface area (Å²) in [6.07, 6.45) is 21.4. The summed E-state index contributed by atoms with van der Waals surface area (Å²) in [6.45, 7) is 4.94. The third kappa shape index (κ3) is 7.20. The zero-order valence-corrected chi connectivity index (χ0v) is 15.4. The normalized spacial score (nSPS) is 33.9. The Morgan fingerprint density at radius 1 is 0.385 bits per heavy atom. The predicted octanol–water partition coefficient (Wildman–Crippen LogP) is 9.77. The van der Waals surface area contributed by atoms with E-state index in [0.717, 1.165) is 35.5 Å². The molecule has 4 unspecified atom stereocenters. The van der Waals surface area contributed by atoms with Gasteiger partial charge in [0.15, 0.2) is 0 Å². The Hall–Kier alpha value is 0. The minimum absolute atomic E-state index is 0. The average Bonchev–Trinajstić information content (AvgIpc) is 3.27. The Balaban J connectivity index is 0. The van der Waals surface area contributed by atoms with Crippen molar-refractivity contribution < 1.29 is 0 Å². The van der Waals surface area contributed by atoms with Gasteiger partial charge in [0.05, 0.1) is 0 Å². The SMILES string of the molecule is C.C.C.C.CC1CCCC1C1CCCC1.CC1CCCC1C1CCCC1. The molecule has 160 valence electrons. The van der Waals surface area contributed by atoms with E-state index in [0.29, 0.717) is 0 Å². The first kappa shape index (κ1) is 28.2. The Kier molecular flexibility index (Phi) is 15.3. The minimum atomic E-state index is 0. The molecular weight excluding hydrogens is 312 g/mol. The van der Waals surface area contributed by atoms with Crippen LogP contribution in [-0.4, -0.2) is 0 Å². The molecule has 0 aromatic carbocycles. The first-order chi connectivity index (χ1) is 10.8. The third-order valence-electron chi connectivity index (χ3n) is 7.87. The maximum absolute atomic E-state index is 2.47. The molecule has 4 rings (SSSR count). The highest BCUT2D eigenvalue weighted by Crippen LogP contribution is 2.44. The molecule has 4 atom stereocenters. The van der Waals surface area contributed by atoms with Crippen LogP contribution in [0.1, 0.15) is 133 Å². The van der Waals surface area contributed by atoms with Crippen molar-refractivity contribution in [1.82, 2.24) is 0 Å². The molecule has 0 aliphatic heterocycles. The highest BCUT2D eigenvalue weighted by Gasteiger charge is 2.32. The van der Waals surface area contributed by atoms with Gasteiger partial charge in [-0.25, -0.2) is 0 Å². The van der Waals surface area contributed by atoms with Crippen molar-refractivity contribution in [3.8, 4) is 0 Å². The molecule has 0 heteroatoms. The minimum Gasteiger partial charge on any atom is -0.0776 e. The molecule has 0 saturated heterocycles. The second kappa shape index (κ2) is 14.1. The summed E-state index contributed by atoms with van der Waals surface area (Å²) in [5, 5.41) is 0. The highest BCUT2D eigenvalue weighted by atomic mass is 14.4. The maximum Gasteiger partial charge on any atom is -0.0360 e. The zero-order valence-electron chi connectivity index (χ0n) is 15.4. The standard InChI is InChI=1S/2C11H20.4CH4/c2*1-9-5-4-8-11(9)10-6-2-3-7-10;;;;/h2*9-11H,2-8H2,1H3;4*1H4. The molecule has 0 aromatic rings. The molecule has 0 aromatic heterocycles. The summed E-state index contributed by atoms with van der Waals surface area (Å²) in [7, 11) is 0. The van der Waals surface area contributed by atoms with Crippen molar-refractivity contribution in [2.75, 3.05) is 0 Å². The monoisotopic (exact) mass is 368 g/mol. The number of hydrogen-bond acceptors (Lipinski definition) is 0. The molecule has 4 saturated carbocycles. The van der Waals surface area contributed by atoms with Crippen LogP contribution in [0.2, 0.25) is 0 Å². The Morgan fingerprint density at radius 3 is 0.923 bits per heavy atom. The summed E-state index contributed by atoms with van der Waals surface area (Å²) in [5.74, 6) is 6.62. The molecule has 0 radical (unpaired) electrons. The molecule has 0 nitrogen and oxygen atoms in total. The number of rotatable bonds is 2. The second-order valence-corrected chi connectivity index (χ2v) is 9.23. The lowest BCUT2D eigenvalue weighted by Crippen LogP contribution is -2.13. The fourth-order valence-electron chi connectivity index (χ4n) is 6.52. The van der Waals surface area contributed by atoms with Crippen molar-refractivity contribution in [3.05, 3.63) is 0 Å². The van der Waals surface area contributed by atoms with Gasteiger partial charge in [0, 0.05) is 0 Å². The van der Waals surface area contributed by atoms with Gasteiger partial charge in [-0.05, 0) is 48.3 Å². The second-order valence-electron chi connectivity index (χ2n) is 9.23. The lowest BCUT2D eigenvalue weighted by atomic mass is 9.84. The van der Waals surface area contributed by atoms with Gasteiger partial charge in [0.2, 0.25) is 0 Å². The van der Waals surface area contributed by atoms with E-state index in [9.17, 15) is 0 Å². The van der Waals surface area contributed by atoms with E-state index >= 15 is 0 Å². The molecule has 0 bridgehead atoms. The van der Waals surface area contributed by atoms with Gasteiger partial charge >= 0.3 is 0 Å². The Labute approximate surface area is 169 Å². The first-order valence-corrected chi connectivity index (χ1v) is 10.8. The summed E-state index contributed by atoms with van der Waals surface area (Å²) in [5.41, 5.74) is 0. The molecule has 0 amide bonds. The van der Waals surface area contributed by atoms with E-state index in [1.165, 1.54) is 51.4 Å². The first-order valence-electron chi connectivity index (χ1n) is 10.8. The molecular formula is C26H56. The topological polar surface area (TPSA) is 0 Å². The molecule has 4 fully saturated rings. The lowest BCUT2D eigenvalue weighted by molar-refractivity contribution is 0.280. The molecule has 0 spiro atoms. The van der Waals surface area contributed by atoms with Gasteiger partial charge in [-0.15, -0.1) is 0 Å². The quantitative estimate of drug-likeness (QED) is 0.455. The van der Waals surface area contributed by atoms with Gasteiger partial charge in [0.1, 0.15) is 0 Å². The molecule has 4 aliphatic carbocycles. The van der Waals surface area contributed by atoms with Crippen molar-refractivity contribution in [2.45, 2.75) is 133 Å². The largest absolute Gasteiger partial charge is 0.0776 e. The Morgan fingerprint density at radius 2 is 0.692 bits per heavy atom. The van der Waals surface area contributed by atoms with E-state index in [1.54, 1.807) is 38.5 Å². The molecule has 4 aliphatic rings. The lowest BCUT2D eigenvalue weighted by Gasteiger charge is -2.22. The van der Waals surface area contributed by atoms with Gasteiger partial charge in [-0.1, -0.05) is 121 Å². The molecule has 0 N–H and O–H groups in total. The van der Waals surface area contributed by atoms with Crippen LogP contribution in [0.3, 0.4) is 0 Å². The van der Waals surface area contributed by atoms with E-state index < -0.39 is 0 Å².